The summed E-state index contributed by atoms with van der Waals surface area (Å²) in [5, 5.41) is 5.03. The number of anilines is 2. The van der Waals surface area contributed by atoms with E-state index in [2.05, 4.69) is 34.9 Å². The van der Waals surface area contributed by atoms with Crippen LogP contribution in [0, 0.1) is 0 Å². The van der Waals surface area contributed by atoms with Crippen molar-refractivity contribution in [3.05, 3.63) is 52.3 Å². The Bertz CT molecular complexity index is 899. The van der Waals surface area contributed by atoms with E-state index < -0.39 is 0 Å². The Hall–Kier alpha value is -2.27. The zero-order chi connectivity index (χ0) is 16.1. The summed E-state index contributed by atoms with van der Waals surface area (Å²) in [6.45, 7) is 5.89. The average molecular weight is 328 g/mol. The number of nitrogens with zero attached hydrogens (tertiary/aromatic N) is 4. The van der Waals surface area contributed by atoms with E-state index in [0.717, 1.165) is 35.8 Å². The molecule has 23 heavy (non-hydrogen) atoms. The number of nitrogen functional groups attached to an aromatic ring is 1. The number of hydrogen-bond acceptors (Lipinski definition) is 4. The first-order valence-electron chi connectivity index (χ1n) is 7.69. The molecule has 1 aliphatic rings. The molecule has 0 saturated heterocycles. The first-order chi connectivity index (χ1) is 11.0. The van der Waals surface area contributed by atoms with Gasteiger partial charge in [-0.25, -0.2) is 4.98 Å². The van der Waals surface area contributed by atoms with Gasteiger partial charge in [0.2, 0.25) is 0 Å². The number of benzene rings is 1. The van der Waals surface area contributed by atoms with Crippen LogP contribution in [-0.4, -0.2) is 14.6 Å². The molecule has 0 fully saturated rings. The van der Waals surface area contributed by atoms with Crippen LogP contribution in [0.2, 0.25) is 5.15 Å². The van der Waals surface area contributed by atoms with Gasteiger partial charge in [-0.15, -0.1) is 0 Å². The van der Waals surface area contributed by atoms with Gasteiger partial charge in [-0.1, -0.05) is 31.5 Å². The third-order valence-electron chi connectivity index (χ3n) is 4.35. The van der Waals surface area contributed by atoms with Crippen molar-refractivity contribution in [2.75, 3.05) is 10.6 Å². The summed E-state index contributed by atoms with van der Waals surface area (Å²) >= 11 is 6.27. The summed E-state index contributed by atoms with van der Waals surface area (Å²) in [6, 6.07) is 7.95. The Kier molecular flexibility index (Phi) is 3.20. The summed E-state index contributed by atoms with van der Waals surface area (Å²) in [5.41, 5.74) is 11.2. The molecule has 0 bridgehead atoms. The molecule has 2 N–H and O–H groups in total. The molecule has 0 saturated carbocycles. The third-order valence-corrected chi connectivity index (χ3v) is 4.54. The lowest BCUT2D eigenvalue weighted by Crippen LogP contribution is -2.18. The molecule has 1 aliphatic heterocycles. The Morgan fingerprint density at radius 3 is 2.74 bits per heavy atom. The molecular formula is C17H18ClN5. The largest absolute Gasteiger partial charge is 0.399 e. The van der Waals surface area contributed by atoms with Gasteiger partial charge < -0.3 is 10.6 Å². The van der Waals surface area contributed by atoms with Crippen LogP contribution in [0.4, 0.5) is 11.5 Å². The van der Waals surface area contributed by atoms with E-state index in [9.17, 15) is 0 Å². The van der Waals surface area contributed by atoms with Gasteiger partial charge in [0.25, 0.3) is 0 Å². The topological polar surface area (TPSA) is 59.5 Å². The zero-order valence-electron chi connectivity index (χ0n) is 13.1. The summed E-state index contributed by atoms with van der Waals surface area (Å²) in [4.78, 5) is 6.72. The highest BCUT2D eigenvalue weighted by Gasteiger charge is 2.23. The molecular weight excluding hydrogens is 310 g/mol. The summed E-state index contributed by atoms with van der Waals surface area (Å²) in [5.74, 6) is 1.31. The van der Waals surface area contributed by atoms with E-state index in [1.807, 2.05) is 28.9 Å². The number of rotatable bonds is 2. The maximum Gasteiger partial charge on any atom is 0.162 e. The fraction of sp³-hybridized carbons (Fsp3) is 0.294. The molecule has 118 valence electrons. The molecule has 4 rings (SSSR count). The minimum atomic E-state index is 0.349. The van der Waals surface area contributed by atoms with Crippen molar-refractivity contribution in [2.24, 2.45) is 0 Å². The molecule has 1 aromatic carbocycles. The van der Waals surface area contributed by atoms with Gasteiger partial charge in [0, 0.05) is 30.4 Å². The quantitative estimate of drug-likeness (QED) is 0.577. The van der Waals surface area contributed by atoms with Gasteiger partial charge in [0.05, 0.1) is 6.20 Å². The smallest absolute Gasteiger partial charge is 0.162 e. The van der Waals surface area contributed by atoms with Crippen LogP contribution in [0.1, 0.15) is 36.5 Å². The van der Waals surface area contributed by atoms with Crippen LogP contribution in [0.25, 0.3) is 5.65 Å². The van der Waals surface area contributed by atoms with Crippen LogP contribution in [0.5, 0.6) is 0 Å². The minimum Gasteiger partial charge on any atom is -0.399 e. The summed E-state index contributed by atoms with van der Waals surface area (Å²) in [6.07, 6.45) is 1.88. The lowest BCUT2D eigenvalue weighted by atomic mass is 10.1. The third kappa shape index (κ3) is 2.32. The van der Waals surface area contributed by atoms with Gasteiger partial charge >= 0.3 is 0 Å². The molecule has 0 amide bonds. The first kappa shape index (κ1) is 14.3. The van der Waals surface area contributed by atoms with Crippen LogP contribution in [0.3, 0.4) is 0 Å². The average Bonchev–Trinajstić information content (AvgIpc) is 3.09. The van der Waals surface area contributed by atoms with Crippen molar-refractivity contribution >= 4 is 28.8 Å². The van der Waals surface area contributed by atoms with Crippen molar-refractivity contribution in [1.82, 2.24) is 14.6 Å². The van der Waals surface area contributed by atoms with E-state index in [1.165, 1.54) is 11.1 Å². The van der Waals surface area contributed by atoms with Gasteiger partial charge in [0.15, 0.2) is 5.65 Å². The highest BCUT2D eigenvalue weighted by Crippen LogP contribution is 2.32. The van der Waals surface area contributed by atoms with E-state index in [4.69, 9.17) is 17.3 Å². The fourth-order valence-corrected chi connectivity index (χ4v) is 3.32. The Morgan fingerprint density at radius 2 is 1.96 bits per heavy atom. The van der Waals surface area contributed by atoms with Crippen LogP contribution < -0.4 is 10.6 Å². The highest BCUT2D eigenvalue weighted by atomic mass is 35.5. The van der Waals surface area contributed by atoms with Crippen molar-refractivity contribution in [1.29, 1.82) is 0 Å². The molecule has 6 heteroatoms. The number of hydrogen-bond donors (Lipinski definition) is 1. The van der Waals surface area contributed by atoms with Gasteiger partial charge in [-0.2, -0.15) is 9.61 Å². The summed E-state index contributed by atoms with van der Waals surface area (Å²) in [7, 11) is 0. The number of halogens is 1. The van der Waals surface area contributed by atoms with E-state index in [-0.39, 0.29) is 0 Å². The second-order valence-electron chi connectivity index (χ2n) is 6.31. The van der Waals surface area contributed by atoms with Crippen LogP contribution in [0.15, 0.2) is 30.5 Å². The maximum atomic E-state index is 6.27. The van der Waals surface area contributed by atoms with Crippen LogP contribution in [-0.2, 0) is 13.1 Å². The lowest BCUT2D eigenvalue weighted by Gasteiger charge is -2.19. The predicted octanol–water partition coefficient (Wildman–Crippen LogP) is 3.61. The summed E-state index contributed by atoms with van der Waals surface area (Å²) < 4.78 is 1.89. The zero-order valence-corrected chi connectivity index (χ0v) is 13.9. The second-order valence-corrected chi connectivity index (χ2v) is 6.70. The molecule has 3 heterocycles. The minimum absolute atomic E-state index is 0.349. The van der Waals surface area contributed by atoms with Crippen molar-refractivity contribution < 1.29 is 0 Å². The second kappa shape index (κ2) is 5.13. The van der Waals surface area contributed by atoms with E-state index in [0.29, 0.717) is 11.1 Å². The number of nitrogens with two attached hydrogens (primary N) is 1. The fourth-order valence-electron chi connectivity index (χ4n) is 3.14. The standard InChI is InChI=1S/C17H18ClN5/c1-10(2)14-7-20-23-16(6-15(18)21-17(14)23)22-8-11-3-4-13(19)5-12(11)9-22/h3-7,10H,8-9,19H2,1-2H3. The Labute approximate surface area is 139 Å². The Balaban J connectivity index is 1.81. The lowest BCUT2D eigenvalue weighted by molar-refractivity contribution is 0.803. The van der Waals surface area contributed by atoms with Gasteiger partial charge in [-0.3, -0.25) is 0 Å². The monoisotopic (exact) mass is 327 g/mol. The molecule has 0 aliphatic carbocycles. The molecule has 0 unspecified atom stereocenters. The Morgan fingerprint density at radius 1 is 1.17 bits per heavy atom. The number of fused-ring (bicyclic) bond motifs is 2. The molecule has 5 nitrogen and oxygen atoms in total. The predicted molar refractivity (Wildman–Crippen MR) is 92.8 cm³/mol. The SMILES string of the molecule is CC(C)c1cnn2c(N3Cc4ccc(N)cc4C3)cc(Cl)nc12. The van der Waals surface area contributed by atoms with Crippen molar-refractivity contribution in [2.45, 2.75) is 32.9 Å². The first-order valence-corrected chi connectivity index (χ1v) is 8.07. The molecule has 0 atom stereocenters. The molecule has 3 aromatic rings. The normalized spacial score (nSPS) is 14.0. The molecule has 0 radical (unpaired) electrons. The number of aromatic nitrogens is 3. The van der Waals surface area contributed by atoms with Gasteiger partial charge in [-0.05, 0) is 29.2 Å². The highest BCUT2D eigenvalue weighted by molar-refractivity contribution is 6.29. The van der Waals surface area contributed by atoms with E-state index >= 15 is 0 Å². The van der Waals surface area contributed by atoms with E-state index in [1.54, 1.807) is 0 Å². The molecule has 2 aromatic heterocycles. The van der Waals surface area contributed by atoms with Crippen molar-refractivity contribution in [3.63, 3.8) is 0 Å². The van der Waals surface area contributed by atoms with Gasteiger partial charge in [0.1, 0.15) is 11.0 Å². The van der Waals surface area contributed by atoms with Crippen LogP contribution >= 0.6 is 11.6 Å². The molecule has 0 spiro atoms. The maximum absolute atomic E-state index is 6.27. The van der Waals surface area contributed by atoms with Crippen molar-refractivity contribution in [3.8, 4) is 0 Å².